The standard InChI is InChI=1S/C17H14ClN3O3S/c1-23-13-7-5-11(6-8-13)16-20-21-17(25-16)19-15(22)10-24-14-4-2-3-12(18)9-14/h2-9H,10H2,1H3,(H,19,21,22). The van der Waals surface area contributed by atoms with E-state index in [0.29, 0.717) is 20.9 Å². The summed E-state index contributed by atoms with van der Waals surface area (Å²) in [4.78, 5) is 12.0. The number of carbonyl (C=O) groups excluding carboxylic acids is 1. The lowest BCUT2D eigenvalue weighted by Crippen LogP contribution is -2.20. The zero-order chi connectivity index (χ0) is 17.6. The van der Waals surface area contributed by atoms with Gasteiger partial charge in [-0.25, -0.2) is 0 Å². The molecule has 0 spiro atoms. The van der Waals surface area contributed by atoms with E-state index in [9.17, 15) is 4.79 Å². The van der Waals surface area contributed by atoms with Crippen molar-refractivity contribution in [2.75, 3.05) is 19.0 Å². The summed E-state index contributed by atoms with van der Waals surface area (Å²) >= 11 is 7.15. The molecule has 0 aliphatic carbocycles. The third-order valence-electron chi connectivity index (χ3n) is 3.17. The summed E-state index contributed by atoms with van der Waals surface area (Å²) in [5.74, 6) is 0.969. The summed E-state index contributed by atoms with van der Waals surface area (Å²) in [6, 6.07) is 14.3. The number of amides is 1. The Morgan fingerprint density at radius 1 is 1.16 bits per heavy atom. The van der Waals surface area contributed by atoms with Gasteiger partial charge in [0.1, 0.15) is 16.5 Å². The zero-order valence-corrected chi connectivity index (χ0v) is 14.8. The van der Waals surface area contributed by atoms with Gasteiger partial charge in [-0.2, -0.15) is 0 Å². The Balaban J connectivity index is 1.57. The van der Waals surface area contributed by atoms with Crippen LogP contribution in [0.2, 0.25) is 5.02 Å². The molecule has 0 atom stereocenters. The number of anilines is 1. The van der Waals surface area contributed by atoms with E-state index in [-0.39, 0.29) is 12.5 Å². The van der Waals surface area contributed by atoms with Crippen LogP contribution in [0, 0.1) is 0 Å². The smallest absolute Gasteiger partial charge is 0.264 e. The van der Waals surface area contributed by atoms with Crippen molar-refractivity contribution in [3.05, 3.63) is 53.6 Å². The van der Waals surface area contributed by atoms with Crippen LogP contribution in [0.1, 0.15) is 0 Å². The van der Waals surface area contributed by atoms with E-state index >= 15 is 0 Å². The summed E-state index contributed by atoms with van der Waals surface area (Å²) < 4.78 is 10.5. The van der Waals surface area contributed by atoms with Crippen LogP contribution in [0.25, 0.3) is 10.6 Å². The van der Waals surface area contributed by atoms with E-state index in [4.69, 9.17) is 21.1 Å². The lowest BCUT2D eigenvalue weighted by Gasteiger charge is -2.05. The molecule has 0 bridgehead atoms. The van der Waals surface area contributed by atoms with Gasteiger partial charge in [0, 0.05) is 10.6 Å². The van der Waals surface area contributed by atoms with Crippen LogP contribution < -0.4 is 14.8 Å². The number of halogens is 1. The fraction of sp³-hybridized carbons (Fsp3) is 0.118. The van der Waals surface area contributed by atoms with Crippen LogP contribution in [0.4, 0.5) is 5.13 Å². The molecule has 0 aliphatic rings. The second kappa shape index (κ2) is 7.96. The Hall–Kier alpha value is -2.64. The molecule has 8 heteroatoms. The van der Waals surface area contributed by atoms with Gasteiger partial charge in [0.2, 0.25) is 5.13 Å². The van der Waals surface area contributed by atoms with Crippen molar-refractivity contribution < 1.29 is 14.3 Å². The first-order valence-corrected chi connectivity index (χ1v) is 8.49. The third kappa shape index (κ3) is 4.68. The van der Waals surface area contributed by atoms with Crippen molar-refractivity contribution in [2.24, 2.45) is 0 Å². The molecule has 0 saturated heterocycles. The molecule has 6 nitrogen and oxygen atoms in total. The fourth-order valence-electron chi connectivity index (χ4n) is 1.99. The first kappa shape index (κ1) is 17.2. The largest absolute Gasteiger partial charge is 0.497 e. The Bertz CT molecular complexity index is 868. The highest BCUT2D eigenvalue weighted by molar-refractivity contribution is 7.18. The number of nitrogens with zero attached hydrogens (tertiary/aromatic N) is 2. The van der Waals surface area contributed by atoms with Crippen molar-refractivity contribution in [3.63, 3.8) is 0 Å². The van der Waals surface area contributed by atoms with E-state index in [1.807, 2.05) is 24.3 Å². The lowest BCUT2D eigenvalue weighted by molar-refractivity contribution is -0.118. The number of rotatable bonds is 6. The van der Waals surface area contributed by atoms with E-state index in [2.05, 4.69) is 15.5 Å². The second-order valence-electron chi connectivity index (χ2n) is 4.94. The van der Waals surface area contributed by atoms with Crippen molar-refractivity contribution in [2.45, 2.75) is 0 Å². The molecule has 1 N–H and O–H groups in total. The van der Waals surface area contributed by atoms with Crippen LogP contribution in [-0.4, -0.2) is 29.8 Å². The minimum atomic E-state index is -0.322. The molecular formula is C17H14ClN3O3S. The summed E-state index contributed by atoms with van der Waals surface area (Å²) in [5.41, 5.74) is 0.897. The summed E-state index contributed by atoms with van der Waals surface area (Å²) in [5, 5.41) is 12.4. The maximum absolute atomic E-state index is 12.0. The molecule has 3 rings (SSSR count). The Kier molecular flexibility index (Phi) is 5.47. The van der Waals surface area contributed by atoms with Gasteiger partial charge in [-0.1, -0.05) is 29.0 Å². The third-order valence-corrected chi connectivity index (χ3v) is 4.30. The normalized spacial score (nSPS) is 10.3. The highest BCUT2D eigenvalue weighted by Crippen LogP contribution is 2.27. The fourth-order valence-corrected chi connectivity index (χ4v) is 2.93. The first-order chi connectivity index (χ1) is 12.1. The number of nitrogens with one attached hydrogen (secondary N) is 1. The van der Waals surface area contributed by atoms with Gasteiger partial charge in [-0.05, 0) is 42.5 Å². The maximum atomic E-state index is 12.0. The van der Waals surface area contributed by atoms with Crippen molar-refractivity contribution in [1.29, 1.82) is 0 Å². The number of aromatic nitrogens is 2. The molecule has 3 aromatic rings. The van der Waals surface area contributed by atoms with E-state index in [1.54, 1.807) is 31.4 Å². The molecule has 0 unspecified atom stereocenters. The second-order valence-corrected chi connectivity index (χ2v) is 6.35. The van der Waals surface area contributed by atoms with Crippen molar-refractivity contribution in [3.8, 4) is 22.1 Å². The SMILES string of the molecule is COc1ccc(-c2nnc(NC(=O)COc3cccc(Cl)c3)s2)cc1. The lowest BCUT2D eigenvalue weighted by atomic mass is 10.2. The quantitative estimate of drug-likeness (QED) is 0.707. The number of methoxy groups -OCH3 is 1. The maximum Gasteiger partial charge on any atom is 0.264 e. The molecule has 1 amide bonds. The van der Waals surface area contributed by atoms with Crippen LogP contribution >= 0.6 is 22.9 Å². The number of hydrogen-bond acceptors (Lipinski definition) is 6. The Morgan fingerprint density at radius 2 is 1.96 bits per heavy atom. The van der Waals surface area contributed by atoms with Gasteiger partial charge in [-0.15, -0.1) is 10.2 Å². The molecule has 1 aromatic heterocycles. The average molecular weight is 376 g/mol. The molecule has 2 aromatic carbocycles. The Labute approximate surface area is 153 Å². The van der Waals surface area contributed by atoms with Crippen LogP contribution in [0.3, 0.4) is 0 Å². The van der Waals surface area contributed by atoms with Crippen LogP contribution in [-0.2, 0) is 4.79 Å². The molecule has 0 fully saturated rings. The first-order valence-electron chi connectivity index (χ1n) is 7.30. The van der Waals surface area contributed by atoms with E-state index in [0.717, 1.165) is 11.3 Å². The number of carbonyl (C=O) groups is 1. The van der Waals surface area contributed by atoms with Gasteiger partial charge < -0.3 is 9.47 Å². The van der Waals surface area contributed by atoms with Crippen molar-refractivity contribution >= 4 is 34.0 Å². The molecule has 1 heterocycles. The summed E-state index contributed by atoms with van der Waals surface area (Å²) in [7, 11) is 1.61. The molecule has 0 radical (unpaired) electrons. The van der Waals surface area contributed by atoms with E-state index in [1.165, 1.54) is 11.3 Å². The van der Waals surface area contributed by atoms with Crippen LogP contribution in [0.15, 0.2) is 48.5 Å². The minimum absolute atomic E-state index is 0.141. The van der Waals surface area contributed by atoms with Gasteiger partial charge in [-0.3, -0.25) is 10.1 Å². The zero-order valence-electron chi connectivity index (χ0n) is 13.2. The molecule has 0 aliphatic heterocycles. The highest BCUT2D eigenvalue weighted by atomic mass is 35.5. The summed E-state index contributed by atoms with van der Waals surface area (Å²) in [6.45, 7) is -0.141. The predicted octanol–water partition coefficient (Wildman–Crippen LogP) is 3.88. The van der Waals surface area contributed by atoms with E-state index < -0.39 is 0 Å². The predicted molar refractivity (Wildman–Crippen MR) is 97.5 cm³/mol. The summed E-state index contributed by atoms with van der Waals surface area (Å²) in [6.07, 6.45) is 0. The monoisotopic (exact) mass is 375 g/mol. The molecule has 0 saturated carbocycles. The van der Waals surface area contributed by atoms with Gasteiger partial charge in [0.25, 0.3) is 5.91 Å². The molecule has 25 heavy (non-hydrogen) atoms. The topological polar surface area (TPSA) is 73.3 Å². The van der Waals surface area contributed by atoms with Gasteiger partial charge in [0.15, 0.2) is 6.61 Å². The number of ether oxygens (including phenoxy) is 2. The average Bonchev–Trinajstić information content (AvgIpc) is 3.08. The van der Waals surface area contributed by atoms with Gasteiger partial charge in [0.05, 0.1) is 7.11 Å². The molecule has 128 valence electrons. The number of benzene rings is 2. The Morgan fingerprint density at radius 3 is 2.68 bits per heavy atom. The number of hydrogen-bond donors (Lipinski definition) is 1. The van der Waals surface area contributed by atoms with Crippen LogP contribution in [0.5, 0.6) is 11.5 Å². The highest BCUT2D eigenvalue weighted by Gasteiger charge is 2.10. The van der Waals surface area contributed by atoms with Gasteiger partial charge >= 0.3 is 0 Å². The molecular weight excluding hydrogens is 362 g/mol. The van der Waals surface area contributed by atoms with Crippen molar-refractivity contribution in [1.82, 2.24) is 10.2 Å². The minimum Gasteiger partial charge on any atom is -0.497 e.